The van der Waals surface area contributed by atoms with Gasteiger partial charge in [-0.3, -0.25) is 4.21 Å². The van der Waals surface area contributed by atoms with Gasteiger partial charge in [-0.15, -0.1) is 0 Å². The molecule has 0 aliphatic carbocycles. The molecule has 1 unspecified atom stereocenters. The Morgan fingerprint density at radius 1 is 1.55 bits per heavy atom. The van der Waals surface area contributed by atoms with E-state index in [0.29, 0.717) is 9.50 Å². The SMILES string of the molecule is O=S([O-])c1cc(Cl)ccc1Br. The molecule has 1 atom stereocenters. The van der Waals surface area contributed by atoms with Crippen LogP contribution in [0.3, 0.4) is 0 Å². The standard InChI is InChI=1S/C6H4BrClO2S/c7-5-2-1-4(8)3-6(5)11(9)10/h1-3H,(H,9,10)/p-1. The second-order valence-corrected chi connectivity index (χ2v) is 4.01. The smallest absolute Gasteiger partial charge is 0.0418 e. The third-order valence-electron chi connectivity index (χ3n) is 1.07. The summed E-state index contributed by atoms with van der Waals surface area (Å²) in [4.78, 5) is 0.178. The van der Waals surface area contributed by atoms with E-state index in [4.69, 9.17) is 11.6 Å². The average molecular weight is 255 g/mol. The molecule has 0 aliphatic rings. The van der Waals surface area contributed by atoms with Crippen LogP contribution < -0.4 is 0 Å². The molecule has 0 amide bonds. The van der Waals surface area contributed by atoms with Crippen LogP contribution in [0.2, 0.25) is 5.02 Å². The van der Waals surface area contributed by atoms with Crippen LogP contribution in [0, 0.1) is 0 Å². The molecule has 0 heterocycles. The second-order valence-electron chi connectivity index (χ2n) is 1.81. The Morgan fingerprint density at radius 3 is 2.64 bits per heavy atom. The monoisotopic (exact) mass is 253 g/mol. The van der Waals surface area contributed by atoms with Gasteiger partial charge in [0.15, 0.2) is 0 Å². The van der Waals surface area contributed by atoms with E-state index < -0.39 is 11.1 Å². The summed E-state index contributed by atoms with van der Waals surface area (Å²) in [7, 11) is 0. The fourth-order valence-corrected chi connectivity index (χ4v) is 1.94. The number of hydrogen-bond acceptors (Lipinski definition) is 2. The van der Waals surface area contributed by atoms with Crippen molar-refractivity contribution < 1.29 is 8.76 Å². The van der Waals surface area contributed by atoms with Crippen LogP contribution in [0.1, 0.15) is 0 Å². The lowest BCUT2D eigenvalue weighted by atomic mass is 10.4. The van der Waals surface area contributed by atoms with E-state index in [1.807, 2.05) is 0 Å². The molecular weight excluding hydrogens is 251 g/mol. The lowest BCUT2D eigenvalue weighted by molar-refractivity contribution is 0.536. The number of hydrogen-bond donors (Lipinski definition) is 0. The van der Waals surface area contributed by atoms with Gasteiger partial charge in [0.2, 0.25) is 0 Å². The zero-order chi connectivity index (χ0) is 8.43. The molecule has 0 saturated heterocycles. The van der Waals surface area contributed by atoms with Crippen molar-refractivity contribution in [3.8, 4) is 0 Å². The number of halogens is 2. The quantitative estimate of drug-likeness (QED) is 0.722. The first-order valence-corrected chi connectivity index (χ1v) is 4.90. The zero-order valence-electron chi connectivity index (χ0n) is 5.21. The van der Waals surface area contributed by atoms with Crippen LogP contribution in [0.25, 0.3) is 0 Å². The average Bonchev–Trinajstić information content (AvgIpc) is 1.94. The maximum Gasteiger partial charge on any atom is 0.0418 e. The fraction of sp³-hybridized carbons (Fsp3) is 0. The molecule has 11 heavy (non-hydrogen) atoms. The third kappa shape index (κ3) is 2.27. The molecule has 2 nitrogen and oxygen atoms in total. The molecule has 0 aliphatic heterocycles. The molecule has 1 aromatic carbocycles. The van der Waals surface area contributed by atoms with Gasteiger partial charge < -0.3 is 4.55 Å². The second kappa shape index (κ2) is 3.67. The largest absolute Gasteiger partial charge is 0.768 e. The van der Waals surface area contributed by atoms with Gasteiger partial charge in [-0.1, -0.05) is 11.6 Å². The van der Waals surface area contributed by atoms with Crippen molar-refractivity contribution in [3.63, 3.8) is 0 Å². The van der Waals surface area contributed by atoms with E-state index in [9.17, 15) is 8.76 Å². The summed E-state index contributed by atoms with van der Waals surface area (Å²) in [6.07, 6.45) is 0. The highest BCUT2D eigenvalue weighted by Crippen LogP contribution is 2.23. The summed E-state index contributed by atoms with van der Waals surface area (Å²) in [6, 6.07) is 4.59. The highest BCUT2D eigenvalue weighted by molar-refractivity contribution is 9.10. The number of benzene rings is 1. The van der Waals surface area contributed by atoms with Crippen molar-refractivity contribution in [2.45, 2.75) is 4.90 Å². The van der Waals surface area contributed by atoms with E-state index in [-0.39, 0.29) is 4.90 Å². The first kappa shape index (κ1) is 9.19. The predicted molar refractivity (Wildman–Crippen MR) is 46.3 cm³/mol. The van der Waals surface area contributed by atoms with Gasteiger partial charge in [0, 0.05) is 14.4 Å². The summed E-state index contributed by atoms with van der Waals surface area (Å²) in [6.45, 7) is 0. The van der Waals surface area contributed by atoms with Crippen LogP contribution in [0.15, 0.2) is 27.6 Å². The molecule has 0 aromatic heterocycles. The van der Waals surface area contributed by atoms with Crippen molar-refractivity contribution in [2.75, 3.05) is 0 Å². The summed E-state index contributed by atoms with van der Waals surface area (Å²) in [5.41, 5.74) is 0. The zero-order valence-corrected chi connectivity index (χ0v) is 8.37. The molecule has 5 heteroatoms. The molecule has 1 rings (SSSR count). The lowest BCUT2D eigenvalue weighted by Gasteiger charge is -2.06. The van der Waals surface area contributed by atoms with Crippen LogP contribution >= 0.6 is 27.5 Å². The maximum absolute atomic E-state index is 10.5. The molecule has 0 radical (unpaired) electrons. The first-order valence-electron chi connectivity index (χ1n) is 2.65. The van der Waals surface area contributed by atoms with E-state index >= 15 is 0 Å². The molecule has 60 valence electrons. The minimum absolute atomic E-state index is 0.178. The molecule has 0 N–H and O–H groups in total. The Balaban J connectivity index is 3.23. The molecule has 0 bridgehead atoms. The Labute approximate surface area is 80.0 Å². The van der Waals surface area contributed by atoms with Crippen LogP contribution in [0.4, 0.5) is 0 Å². The van der Waals surface area contributed by atoms with Gasteiger partial charge in [-0.2, -0.15) is 0 Å². The third-order valence-corrected chi connectivity index (χ3v) is 2.96. The summed E-state index contributed by atoms with van der Waals surface area (Å²) < 4.78 is 21.5. The van der Waals surface area contributed by atoms with Crippen molar-refractivity contribution in [3.05, 3.63) is 27.7 Å². The van der Waals surface area contributed by atoms with Crippen molar-refractivity contribution in [1.29, 1.82) is 0 Å². The predicted octanol–water partition coefficient (Wildman–Crippen LogP) is 2.34. The van der Waals surface area contributed by atoms with Gasteiger partial charge in [-0.05, 0) is 45.2 Å². The van der Waals surface area contributed by atoms with Gasteiger partial charge in [0.05, 0.1) is 0 Å². The van der Waals surface area contributed by atoms with Crippen molar-refractivity contribution in [2.24, 2.45) is 0 Å². The van der Waals surface area contributed by atoms with Gasteiger partial charge in [0.1, 0.15) is 0 Å². The van der Waals surface area contributed by atoms with Crippen molar-refractivity contribution in [1.82, 2.24) is 0 Å². The van der Waals surface area contributed by atoms with E-state index in [0.717, 1.165) is 0 Å². The van der Waals surface area contributed by atoms with E-state index in [1.165, 1.54) is 6.07 Å². The molecule has 0 saturated carbocycles. The minimum atomic E-state index is -2.23. The number of rotatable bonds is 1. The fourth-order valence-electron chi connectivity index (χ4n) is 0.605. The van der Waals surface area contributed by atoms with E-state index in [2.05, 4.69) is 15.9 Å². The minimum Gasteiger partial charge on any atom is -0.768 e. The van der Waals surface area contributed by atoms with Gasteiger partial charge >= 0.3 is 0 Å². The molecular formula is C6H3BrClO2S-. The summed E-state index contributed by atoms with van der Waals surface area (Å²) in [5, 5.41) is 0.410. The van der Waals surface area contributed by atoms with Crippen LogP contribution in [-0.2, 0) is 11.1 Å². The molecule has 0 spiro atoms. The highest BCUT2D eigenvalue weighted by Gasteiger charge is 1.99. The maximum atomic E-state index is 10.5. The Bertz CT molecular complexity index is 303. The van der Waals surface area contributed by atoms with E-state index in [1.54, 1.807) is 12.1 Å². The highest BCUT2D eigenvalue weighted by atomic mass is 79.9. The van der Waals surface area contributed by atoms with Crippen LogP contribution in [0.5, 0.6) is 0 Å². The Kier molecular flexibility index (Phi) is 3.06. The topological polar surface area (TPSA) is 40.1 Å². The van der Waals surface area contributed by atoms with Gasteiger partial charge in [0.25, 0.3) is 0 Å². The summed E-state index contributed by atoms with van der Waals surface area (Å²) in [5.74, 6) is 0. The Hall–Kier alpha value is 0.1000. The normalized spacial score (nSPS) is 13.0. The summed E-state index contributed by atoms with van der Waals surface area (Å²) >= 11 is 6.41. The van der Waals surface area contributed by atoms with Crippen LogP contribution in [-0.4, -0.2) is 8.76 Å². The molecule has 0 fully saturated rings. The van der Waals surface area contributed by atoms with Crippen molar-refractivity contribution >= 4 is 38.6 Å². The van der Waals surface area contributed by atoms with Gasteiger partial charge in [-0.25, -0.2) is 0 Å². The molecule has 1 aromatic rings. The first-order chi connectivity index (χ1) is 5.11. The lowest BCUT2D eigenvalue weighted by Crippen LogP contribution is -1.89. The Morgan fingerprint density at radius 2 is 2.18 bits per heavy atom.